The molecule has 0 bridgehead atoms. The van der Waals surface area contributed by atoms with Crippen molar-refractivity contribution in [1.82, 2.24) is 10.3 Å². The minimum atomic E-state index is -0.130. The number of thiophene rings is 1. The maximum Gasteiger partial charge on any atom is 0.252 e. The maximum atomic E-state index is 12.1. The van der Waals surface area contributed by atoms with Gasteiger partial charge in [0.15, 0.2) is 0 Å². The molecule has 0 fully saturated rings. The number of amides is 1. The lowest BCUT2D eigenvalue weighted by Gasteiger charge is -2.07. The fraction of sp³-hybridized carbons (Fsp3) is 0.111. The summed E-state index contributed by atoms with van der Waals surface area (Å²) < 4.78 is 6.62. The van der Waals surface area contributed by atoms with E-state index in [9.17, 15) is 4.79 Å². The van der Waals surface area contributed by atoms with E-state index in [4.69, 9.17) is 4.74 Å². The minimum absolute atomic E-state index is 0.130. The Hall–Kier alpha value is -2.18. The summed E-state index contributed by atoms with van der Waals surface area (Å²) in [6.45, 7) is 0.608. The normalized spacial score (nSPS) is 10.4. The van der Waals surface area contributed by atoms with E-state index in [1.165, 1.54) is 11.1 Å². The molecule has 0 aliphatic carbocycles. The Morgan fingerprint density at radius 1 is 1.17 bits per heavy atom. The van der Waals surface area contributed by atoms with E-state index in [2.05, 4.69) is 32.3 Å². The first kappa shape index (κ1) is 16.7. The topological polar surface area (TPSA) is 51.2 Å². The van der Waals surface area contributed by atoms with Crippen molar-refractivity contribution in [3.05, 3.63) is 75.0 Å². The van der Waals surface area contributed by atoms with Gasteiger partial charge in [0.25, 0.3) is 5.91 Å². The Balaban J connectivity index is 1.53. The zero-order valence-corrected chi connectivity index (χ0v) is 15.1. The van der Waals surface area contributed by atoms with Crippen molar-refractivity contribution < 1.29 is 9.53 Å². The first-order valence-electron chi connectivity index (χ1n) is 7.41. The Labute approximate surface area is 152 Å². The summed E-state index contributed by atoms with van der Waals surface area (Å²) in [6, 6.07) is 14.9. The second-order valence-corrected chi connectivity index (χ2v) is 6.97. The van der Waals surface area contributed by atoms with E-state index in [1.807, 2.05) is 35.7 Å². The lowest BCUT2D eigenvalue weighted by atomic mass is 10.2. The van der Waals surface area contributed by atoms with Crippen molar-refractivity contribution in [2.75, 3.05) is 6.54 Å². The second kappa shape index (κ2) is 8.08. The van der Waals surface area contributed by atoms with E-state index in [0.29, 0.717) is 23.7 Å². The Kier molecular flexibility index (Phi) is 5.61. The summed E-state index contributed by atoms with van der Waals surface area (Å²) in [5, 5.41) is 4.93. The maximum absolute atomic E-state index is 12.1. The van der Waals surface area contributed by atoms with Crippen LogP contribution in [0.3, 0.4) is 0 Å². The third-order valence-corrected chi connectivity index (χ3v) is 4.74. The van der Waals surface area contributed by atoms with E-state index in [0.717, 1.165) is 10.9 Å². The predicted molar refractivity (Wildman–Crippen MR) is 98.8 cm³/mol. The molecule has 0 radical (unpaired) electrons. The van der Waals surface area contributed by atoms with E-state index < -0.39 is 0 Å². The van der Waals surface area contributed by atoms with Crippen LogP contribution in [0.25, 0.3) is 0 Å². The van der Waals surface area contributed by atoms with Crippen LogP contribution in [-0.4, -0.2) is 17.4 Å². The quantitative estimate of drug-likeness (QED) is 0.651. The van der Waals surface area contributed by atoms with Gasteiger partial charge >= 0.3 is 0 Å². The van der Waals surface area contributed by atoms with Gasteiger partial charge in [-0.05, 0) is 48.2 Å². The Bertz CT molecular complexity index is 787. The number of hydrogen-bond donors (Lipinski definition) is 1. The van der Waals surface area contributed by atoms with Crippen molar-refractivity contribution in [3.8, 4) is 11.6 Å². The van der Waals surface area contributed by atoms with Crippen molar-refractivity contribution in [1.29, 1.82) is 0 Å². The minimum Gasteiger partial charge on any atom is -0.439 e. The summed E-state index contributed by atoms with van der Waals surface area (Å²) in [5.41, 5.74) is 0.518. The number of pyridine rings is 1. The van der Waals surface area contributed by atoms with Gasteiger partial charge in [-0.2, -0.15) is 0 Å². The monoisotopic (exact) mass is 402 g/mol. The van der Waals surface area contributed by atoms with Gasteiger partial charge in [-0.1, -0.05) is 22.0 Å². The van der Waals surface area contributed by atoms with Gasteiger partial charge in [-0.25, -0.2) is 4.98 Å². The van der Waals surface area contributed by atoms with Crippen LogP contribution in [0.1, 0.15) is 15.2 Å². The van der Waals surface area contributed by atoms with Gasteiger partial charge in [0.05, 0.1) is 5.56 Å². The van der Waals surface area contributed by atoms with E-state index >= 15 is 0 Å². The van der Waals surface area contributed by atoms with Crippen molar-refractivity contribution in [2.24, 2.45) is 0 Å². The number of benzene rings is 1. The first-order chi connectivity index (χ1) is 11.7. The molecule has 1 N–H and O–H groups in total. The van der Waals surface area contributed by atoms with Crippen LogP contribution in [0.5, 0.6) is 11.6 Å². The van der Waals surface area contributed by atoms with Gasteiger partial charge < -0.3 is 10.1 Å². The smallest absolute Gasteiger partial charge is 0.252 e. The number of aromatic nitrogens is 1. The van der Waals surface area contributed by atoms with Crippen LogP contribution in [0.2, 0.25) is 0 Å². The van der Waals surface area contributed by atoms with Crippen LogP contribution in [-0.2, 0) is 6.42 Å². The number of nitrogens with one attached hydrogen (secondary N) is 1. The largest absolute Gasteiger partial charge is 0.439 e. The SMILES string of the molecule is O=C(NCCc1cccs1)c1ccc(Oc2ccc(Br)cc2)nc1. The van der Waals surface area contributed by atoms with Crippen LogP contribution >= 0.6 is 27.3 Å². The molecule has 2 heterocycles. The molecule has 4 nitrogen and oxygen atoms in total. The Morgan fingerprint density at radius 3 is 2.67 bits per heavy atom. The molecule has 24 heavy (non-hydrogen) atoms. The molecule has 0 aliphatic rings. The zero-order valence-electron chi connectivity index (χ0n) is 12.7. The van der Waals surface area contributed by atoms with Crippen LogP contribution in [0.15, 0.2) is 64.6 Å². The van der Waals surface area contributed by atoms with E-state index in [-0.39, 0.29) is 5.91 Å². The third-order valence-electron chi connectivity index (χ3n) is 3.27. The number of ether oxygens (including phenoxy) is 1. The molecule has 0 aliphatic heterocycles. The molecule has 0 saturated heterocycles. The predicted octanol–water partition coefficient (Wildman–Crippen LogP) is 4.67. The highest BCUT2D eigenvalue weighted by atomic mass is 79.9. The van der Waals surface area contributed by atoms with Crippen LogP contribution < -0.4 is 10.1 Å². The van der Waals surface area contributed by atoms with Crippen molar-refractivity contribution in [3.63, 3.8) is 0 Å². The van der Waals surface area contributed by atoms with Crippen molar-refractivity contribution in [2.45, 2.75) is 6.42 Å². The fourth-order valence-electron chi connectivity index (χ4n) is 2.05. The molecule has 0 atom stereocenters. The summed E-state index contributed by atoms with van der Waals surface area (Å²) >= 11 is 5.07. The molecule has 6 heteroatoms. The number of halogens is 1. The molecule has 122 valence electrons. The van der Waals surface area contributed by atoms with Crippen molar-refractivity contribution >= 4 is 33.2 Å². The highest BCUT2D eigenvalue weighted by molar-refractivity contribution is 9.10. The summed E-state index contributed by atoms with van der Waals surface area (Å²) in [7, 11) is 0. The molecule has 2 aromatic heterocycles. The summed E-state index contributed by atoms with van der Waals surface area (Å²) in [6.07, 6.45) is 2.36. The molecule has 1 aromatic carbocycles. The second-order valence-electron chi connectivity index (χ2n) is 5.03. The molecule has 3 rings (SSSR count). The van der Waals surface area contributed by atoms with Gasteiger partial charge in [0.2, 0.25) is 5.88 Å². The van der Waals surface area contributed by atoms with Gasteiger partial charge in [0.1, 0.15) is 5.75 Å². The number of rotatable bonds is 6. The summed E-state index contributed by atoms with van der Waals surface area (Å²) in [4.78, 5) is 17.5. The number of nitrogens with zero attached hydrogens (tertiary/aromatic N) is 1. The average molecular weight is 403 g/mol. The van der Waals surface area contributed by atoms with Gasteiger partial charge in [0, 0.05) is 28.2 Å². The molecule has 0 spiro atoms. The summed E-state index contributed by atoms with van der Waals surface area (Å²) in [5.74, 6) is 1.01. The lowest BCUT2D eigenvalue weighted by Crippen LogP contribution is -2.25. The van der Waals surface area contributed by atoms with Crippen LogP contribution in [0, 0.1) is 0 Å². The molecular formula is C18H15BrN2O2S. The highest BCUT2D eigenvalue weighted by Crippen LogP contribution is 2.21. The molecular weight excluding hydrogens is 388 g/mol. The Morgan fingerprint density at radius 2 is 2.00 bits per heavy atom. The number of carbonyl (C=O) groups is 1. The van der Waals surface area contributed by atoms with E-state index in [1.54, 1.807) is 23.5 Å². The standard InChI is InChI=1S/C18H15BrN2O2S/c19-14-4-6-15(7-5-14)23-17-8-3-13(12-21-17)18(22)20-10-9-16-2-1-11-24-16/h1-8,11-12H,9-10H2,(H,20,22). The fourth-order valence-corrected chi connectivity index (χ4v) is 3.03. The zero-order chi connectivity index (χ0) is 16.8. The van der Waals surface area contributed by atoms with Gasteiger partial charge in [-0.15, -0.1) is 11.3 Å². The lowest BCUT2D eigenvalue weighted by molar-refractivity contribution is 0.0954. The molecule has 0 saturated carbocycles. The highest BCUT2D eigenvalue weighted by Gasteiger charge is 2.07. The molecule has 1 amide bonds. The molecule has 3 aromatic rings. The molecule has 0 unspecified atom stereocenters. The van der Waals surface area contributed by atoms with Crippen LogP contribution in [0.4, 0.5) is 0 Å². The first-order valence-corrected chi connectivity index (χ1v) is 9.08. The third kappa shape index (κ3) is 4.66. The number of carbonyl (C=O) groups excluding carboxylic acids is 1. The average Bonchev–Trinajstić information content (AvgIpc) is 3.11. The van der Waals surface area contributed by atoms with Gasteiger partial charge in [-0.3, -0.25) is 4.79 Å². The number of hydrogen-bond acceptors (Lipinski definition) is 4.